The van der Waals surface area contributed by atoms with Gasteiger partial charge in [-0.05, 0) is 31.6 Å². The highest BCUT2D eigenvalue weighted by Gasteiger charge is 2.28. The molecule has 5 heteroatoms. The maximum absolute atomic E-state index is 11.9. The van der Waals surface area contributed by atoms with E-state index in [-0.39, 0.29) is 6.42 Å². The minimum Gasteiger partial charge on any atom is -0.393 e. The fraction of sp³-hybridized carbons (Fsp3) is 1.00. The van der Waals surface area contributed by atoms with Crippen molar-refractivity contribution in [3.05, 3.63) is 0 Å². The highest BCUT2D eigenvalue weighted by molar-refractivity contribution is 4.69. The van der Waals surface area contributed by atoms with Gasteiger partial charge in [0.2, 0.25) is 0 Å². The van der Waals surface area contributed by atoms with E-state index in [4.69, 9.17) is 4.74 Å². The number of aliphatic hydroxyl groups excluding tert-OH is 1. The molecule has 0 amide bonds. The van der Waals surface area contributed by atoms with E-state index in [2.05, 4.69) is 0 Å². The Hall–Kier alpha value is -0.290. The molecule has 1 fully saturated rings. The molecule has 1 rings (SSSR count). The first-order valence-corrected chi connectivity index (χ1v) is 5.30. The van der Waals surface area contributed by atoms with E-state index in [1.165, 1.54) is 0 Å². The van der Waals surface area contributed by atoms with Crippen LogP contribution in [0.25, 0.3) is 0 Å². The number of hydrogen-bond acceptors (Lipinski definition) is 2. The molecule has 0 aromatic carbocycles. The van der Waals surface area contributed by atoms with Crippen LogP contribution in [0, 0.1) is 5.92 Å². The Morgan fingerprint density at radius 1 is 1.27 bits per heavy atom. The summed E-state index contributed by atoms with van der Waals surface area (Å²) in [4.78, 5) is 0. The van der Waals surface area contributed by atoms with Crippen LogP contribution in [0.5, 0.6) is 0 Å². The van der Waals surface area contributed by atoms with E-state index in [0.29, 0.717) is 25.6 Å². The lowest BCUT2D eigenvalue weighted by molar-refractivity contribution is -0.140. The lowest BCUT2D eigenvalue weighted by atomic mass is 9.92. The lowest BCUT2D eigenvalue weighted by Gasteiger charge is -2.24. The van der Waals surface area contributed by atoms with E-state index < -0.39 is 18.7 Å². The van der Waals surface area contributed by atoms with Crippen LogP contribution >= 0.6 is 0 Å². The molecule has 2 nitrogen and oxygen atoms in total. The fourth-order valence-electron chi connectivity index (χ4n) is 1.82. The molecule has 1 unspecified atom stereocenters. The third kappa shape index (κ3) is 5.99. The molecule has 0 radical (unpaired) electrons. The summed E-state index contributed by atoms with van der Waals surface area (Å²) in [5.74, 6) is 0.321. The number of rotatable bonds is 4. The van der Waals surface area contributed by atoms with Gasteiger partial charge < -0.3 is 9.84 Å². The second-order valence-electron chi connectivity index (χ2n) is 4.10. The second-order valence-corrected chi connectivity index (χ2v) is 4.10. The molecule has 0 spiro atoms. The Bertz CT molecular complexity index is 176. The zero-order valence-electron chi connectivity index (χ0n) is 8.59. The van der Waals surface area contributed by atoms with Gasteiger partial charge >= 0.3 is 6.18 Å². The van der Waals surface area contributed by atoms with Crippen molar-refractivity contribution >= 4 is 0 Å². The maximum Gasteiger partial charge on any atom is 0.389 e. The Balaban J connectivity index is 2.14. The van der Waals surface area contributed by atoms with Gasteiger partial charge in [0.05, 0.1) is 6.10 Å². The van der Waals surface area contributed by atoms with Gasteiger partial charge in [-0.3, -0.25) is 0 Å². The van der Waals surface area contributed by atoms with Crippen LogP contribution in [0.1, 0.15) is 32.1 Å². The van der Waals surface area contributed by atoms with E-state index in [0.717, 1.165) is 12.8 Å². The molecule has 1 N–H and O–H groups in total. The first kappa shape index (κ1) is 12.8. The zero-order chi connectivity index (χ0) is 11.3. The van der Waals surface area contributed by atoms with Crippen molar-refractivity contribution in [2.45, 2.75) is 44.4 Å². The summed E-state index contributed by atoms with van der Waals surface area (Å²) in [7, 11) is 0. The van der Waals surface area contributed by atoms with Crippen LogP contribution in [0.15, 0.2) is 0 Å². The number of alkyl halides is 3. The van der Waals surface area contributed by atoms with Crippen molar-refractivity contribution in [2.24, 2.45) is 5.92 Å². The molecule has 1 aliphatic rings. The standard InChI is InChI=1S/C10H17F3O2/c11-10(12,13)4-1-9(14)7-8-2-5-15-6-3-8/h8-9,14H,1-7H2. The minimum absolute atomic E-state index is 0.180. The molecular formula is C10H17F3O2. The van der Waals surface area contributed by atoms with Gasteiger partial charge in [0, 0.05) is 19.6 Å². The molecule has 0 bridgehead atoms. The van der Waals surface area contributed by atoms with Gasteiger partial charge in [-0.25, -0.2) is 0 Å². The first-order chi connectivity index (χ1) is 6.97. The third-order valence-corrected chi connectivity index (χ3v) is 2.71. The van der Waals surface area contributed by atoms with E-state index in [9.17, 15) is 18.3 Å². The van der Waals surface area contributed by atoms with Crippen LogP contribution in [-0.2, 0) is 4.74 Å². The summed E-state index contributed by atoms with van der Waals surface area (Å²) < 4.78 is 40.7. The average Bonchev–Trinajstić information content (AvgIpc) is 2.15. The smallest absolute Gasteiger partial charge is 0.389 e. The van der Waals surface area contributed by atoms with Gasteiger partial charge in [-0.2, -0.15) is 13.2 Å². The molecule has 1 aliphatic heterocycles. The molecule has 0 saturated carbocycles. The van der Waals surface area contributed by atoms with Crippen molar-refractivity contribution in [3.63, 3.8) is 0 Å². The van der Waals surface area contributed by atoms with Gasteiger partial charge in [0.15, 0.2) is 0 Å². The quantitative estimate of drug-likeness (QED) is 0.798. The molecule has 0 aromatic heterocycles. The van der Waals surface area contributed by atoms with Crippen LogP contribution in [0.4, 0.5) is 13.2 Å². The zero-order valence-corrected chi connectivity index (χ0v) is 8.59. The van der Waals surface area contributed by atoms with Crippen LogP contribution < -0.4 is 0 Å². The van der Waals surface area contributed by atoms with E-state index in [1.807, 2.05) is 0 Å². The van der Waals surface area contributed by atoms with Gasteiger partial charge in [0.25, 0.3) is 0 Å². The van der Waals surface area contributed by atoms with Crippen molar-refractivity contribution in [1.82, 2.24) is 0 Å². The SMILES string of the molecule is OC(CCC(F)(F)F)CC1CCOCC1. The predicted molar refractivity (Wildman–Crippen MR) is 49.5 cm³/mol. The van der Waals surface area contributed by atoms with Gasteiger partial charge in [-0.1, -0.05) is 0 Å². The topological polar surface area (TPSA) is 29.5 Å². The first-order valence-electron chi connectivity index (χ1n) is 5.30. The Morgan fingerprint density at radius 3 is 2.40 bits per heavy atom. The van der Waals surface area contributed by atoms with Crippen molar-refractivity contribution in [1.29, 1.82) is 0 Å². The Morgan fingerprint density at radius 2 is 1.87 bits per heavy atom. The number of aliphatic hydroxyl groups is 1. The summed E-state index contributed by atoms with van der Waals surface area (Å²) in [6.45, 7) is 1.33. The summed E-state index contributed by atoms with van der Waals surface area (Å²) >= 11 is 0. The largest absolute Gasteiger partial charge is 0.393 e. The molecule has 0 aromatic rings. The number of ether oxygens (including phenoxy) is 1. The maximum atomic E-state index is 11.9. The lowest BCUT2D eigenvalue weighted by Crippen LogP contribution is -2.22. The van der Waals surface area contributed by atoms with Crippen LogP contribution in [0.2, 0.25) is 0 Å². The van der Waals surface area contributed by atoms with Crippen molar-refractivity contribution in [2.75, 3.05) is 13.2 Å². The van der Waals surface area contributed by atoms with Crippen molar-refractivity contribution < 1.29 is 23.0 Å². The van der Waals surface area contributed by atoms with Gasteiger partial charge in [-0.15, -0.1) is 0 Å². The molecule has 0 aliphatic carbocycles. The highest BCUT2D eigenvalue weighted by atomic mass is 19.4. The highest BCUT2D eigenvalue weighted by Crippen LogP contribution is 2.26. The molecule has 15 heavy (non-hydrogen) atoms. The third-order valence-electron chi connectivity index (χ3n) is 2.71. The summed E-state index contributed by atoms with van der Waals surface area (Å²) in [5.41, 5.74) is 0. The number of halogens is 3. The van der Waals surface area contributed by atoms with E-state index in [1.54, 1.807) is 0 Å². The van der Waals surface area contributed by atoms with Crippen LogP contribution in [0.3, 0.4) is 0 Å². The average molecular weight is 226 g/mol. The summed E-state index contributed by atoms with van der Waals surface area (Å²) in [6.07, 6.45) is -3.88. The molecule has 1 heterocycles. The minimum atomic E-state index is -4.16. The number of hydrogen-bond donors (Lipinski definition) is 1. The molecule has 90 valence electrons. The Kier molecular flexibility index (Phi) is 4.86. The predicted octanol–water partition coefficient (Wildman–Crippen LogP) is 2.51. The fourth-order valence-corrected chi connectivity index (χ4v) is 1.82. The summed E-state index contributed by atoms with van der Waals surface area (Å²) in [5, 5.41) is 9.42. The molecule has 1 atom stereocenters. The normalized spacial score (nSPS) is 21.6. The van der Waals surface area contributed by atoms with Crippen molar-refractivity contribution in [3.8, 4) is 0 Å². The summed E-state index contributed by atoms with van der Waals surface area (Å²) in [6, 6.07) is 0. The van der Waals surface area contributed by atoms with Crippen LogP contribution in [-0.4, -0.2) is 30.6 Å². The van der Waals surface area contributed by atoms with Gasteiger partial charge in [0.1, 0.15) is 0 Å². The van der Waals surface area contributed by atoms with E-state index >= 15 is 0 Å². The Labute approximate surface area is 87.4 Å². The molecular weight excluding hydrogens is 209 g/mol. The molecule has 1 saturated heterocycles. The second kappa shape index (κ2) is 5.70. The monoisotopic (exact) mass is 226 g/mol.